The van der Waals surface area contributed by atoms with Crippen LogP contribution in [0.4, 0.5) is 0 Å². The van der Waals surface area contributed by atoms with Gasteiger partial charge in [0.25, 0.3) is 11.7 Å². The van der Waals surface area contributed by atoms with E-state index in [1.807, 2.05) is 44.2 Å². The van der Waals surface area contributed by atoms with Crippen molar-refractivity contribution in [2.75, 3.05) is 32.8 Å². The van der Waals surface area contributed by atoms with E-state index in [2.05, 4.69) is 9.88 Å². The second kappa shape index (κ2) is 10.7. The van der Waals surface area contributed by atoms with Crippen molar-refractivity contribution in [1.82, 2.24) is 14.8 Å². The van der Waals surface area contributed by atoms with Crippen molar-refractivity contribution < 1.29 is 24.2 Å². The normalized spacial score (nSPS) is 17.6. The number of hydrogen-bond donors (Lipinski definition) is 2. The van der Waals surface area contributed by atoms with Crippen LogP contribution in [-0.2, 0) is 14.3 Å². The minimum absolute atomic E-state index is 0.0244. The van der Waals surface area contributed by atoms with Gasteiger partial charge >= 0.3 is 5.97 Å². The molecule has 34 heavy (non-hydrogen) atoms. The summed E-state index contributed by atoms with van der Waals surface area (Å²) in [5.74, 6) is -2.21. The Kier molecular flexibility index (Phi) is 7.94. The number of ether oxygens (including phenoxy) is 1. The van der Waals surface area contributed by atoms with E-state index in [1.165, 1.54) is 4.90 Å². The van der Waals surface area contributed by atoms with Crippen molar-refractivity contribution in [1.29, 1.82) is 0 Å². The number of nitrogens with zero attached hydrogens (tertiary/aromatic N) is 2. The summed E-state index contributed by atoms with van der Waals surface area (Å²) < 4.78 is 5.10. The summed E-state index contributed by atoms with van der Waals surface area (Å²) in [4.78, 5) is 45.4. The molecule has 1 unspecified atom stereocenters. The number of carbonyl (C=O) groups is 3. The summed E-state index contributed by atoms with van der Waals surface area (Å²) in [7, 11) is 0. The van der Waals surface area contributed by atoms with Gasteiger partial charge in [-0.25, -0.2) is 4.79 Å². The molecule has 1 aliphatic rings. The molecule has 0 radical (unpaired) electrons. The Balaban J connectivity index is 2.14. The number of likely N-dealkylation sites (N-methyl/N-ethyl adjacent to an activating group) is 1. The SMILES string of the molecule is CCOC(=O)c1[nH]c(C)c(C(O)=C2C(=O)C(=O)N(CCN(CC)CC)C2c2ccccc2)c1C. The molecule has 0 bridgehead atoms. The highest BCUT2D eigenvalue weighted by atomic mass is 16.5. The van der Waals surface area contributed by atoms with Crippen LogP contribution in [0.25, 0.3) is 5.76 Å². The molecule has 1 fully saturated rings. The number of aryl methyl sites for hydroxylation is 1. The first-order chi connectivity index (χ1) is 16.3. The van der Waals surface area contributed by atoms with Gasteiger partial charge in [-0.15, -0.1) is 0 Å². The first-order valence-corrected chi connectivity index (χ1v) is 11.7. The summed E-state index contributed by atoms with van der Waals surface area (Å²) in [5, 5.41) is 11.4. The number of aromatic nitrogens is 1. The number of Topliss-reactive ketones (excluding diaryl/α,β-unsaturated/α-hetero) is 1. The minimum atomic E-state index is -0.733. The maximum atomic E-state index is 13.2. The molecule has 0 saturated carbocycles. The van der Waals surface area contributed by atoms with E-state index in [0.29, 0.717) is 29.9 Å². The zero-order valence-corrected chi connectivity index (χ0v) is 20.5. The second-order valence-electron chi connectivity index (χ2n) is 8.28. The van der Waals surface area contributed by atoms with E-state index in [1.54, 1.807) is 20.8 Å². The van der Waals surface area contributed by atoms with Gasteiger partial charge in [0.15, 0.2) is 0 Å². The molecule has 1 aliphatic heterocycles. The molecule has 2 heterocycles. The molecule has 1 saturated heterocycles. The number of ketones is 1. The second-order valence-corrected chi connectivity index (χ2v) is 8.28. The van der Waals surface area contributed by atoms with Crippen molar-refractivity contribution in [3.63, 3.8) is 0 Å². The van der Waals surface area contributed by atoms with Crippen molar-refractivity contribution >= 4 is 23.4 Å². The fourth-order valence-electron chi connectivity index (χ4n) is 4.53. The minimum Gasteiger partial charge on any atom is -0.507 e. The lowest BCUT2D eigenvalue weighted by Crippen LogP contribution is -2.38. The number of aliphatic hydroxyl groups excluding tert-OH is 1. The van der Waals surface area contributed by atoms with Gasteiger partial charge in [-0.3, -0.25) is 9.59 Å². The van der Waals surface area contributed by atoms with Gasteiger partial charge < -0.3 is 24.6 Å². The highest BCUT2D eigenvalue weighted by Crippen LogP contribution is 2.40. The highest BCUT2D eigenvalue weighted by molar-refractivity contribution is 6.46. The molecule has 2 aromatic rings. The van der Waals surface area contributed by atoms with Crippen LogP contribution < -0.4 is 0 Å². The number of amides is 1. The number of carbonyl (C=O) groups excluding carboxylic acids is 3. The van der Waals surface area contributed by atoms with Crippen molar-refractivity contribution in [2.45, 2.75) is 40.7 Å². The van der Waals surface area contributed by atoms with Crippen LogP contribution >= 0.6 is 0 Å². The van der Waals surface area contributed by atoms with Crippen LogP contribution in [0.3, 0.4) is 0 Å². The Bertz CT molecular complexity index is 1100. The molecule has 1 amide bonds. The van der Waals surface area contributed by atoms with Gasteiger partial charge in [-0.05, 0) is 45.0 Å². The molecule has 8 nitrogen and oxygen atoms in total. The smallest absolute Gasteiger partial charge is 0.355 e. The fourth-order valence-corrected chi connectivity index (χ4v) is 4.53. The van der Waals surface area contributed by atoms with E-state index in [9.17, 15) is 19.5 Å². The predicted molar refractivity (Wildman–Crippen MR) is 129 cm³/mol. The molecule has 0 spiro atoms. The maximum Gasteiger partial charge on any atom is 0.355 e. The average Bonchev–Trinajstić information content (AvgIpc) is 3.27. The van der Waals surface area contributed by atoms with E-state index >= 15 is 0 Å². The van der Waals surface area contributed by atoms with Crippen LogP contribution in [-0.4, -0.2) is 70.3 Å². The molecule has 2 N–H and O–H groups in total. The van der Waals surface area contributed by atoms with Gasteiger partial charge in [0.2, 0.25) is 0 Å². The largest absolute Gasteiger partial charge is 0.507 e. The first kappa shape index (κ1) is 25.2. The van der Waals surface area contributed by atoms with Gasteiger partial charge in [0.1, 0.15) is 11.5 Å². The number of benzene rings is 1. The first-order valence-electron chi connectivity index (χ1n) is 11.7. The summed E-state index contributed by atoms with van der Waals surface area (Å²) in [6.07, 6.45) is 0. The van der Waals surface area contributed by atoms with Gasteiger partial charge in [-0.2, -0.15) is 0 Å². The molecular formula is C26H33N3O5. The van der Waals surface area contributed by atoms with E-state index < -0.39 is 23.7 Å². The van der Waals surface area contributed by atoms with Crippen molar-refractivity contribution in [3.05, 3.63) is 64.0 Å². The molecule has 1 aromatic carbocycles. The van der Waals surface area contributed by atoms with E-state index in [0.717, 1.165) is 18.7 Å². The van der Waals surface area contributed by atoms with Crippen LogP contribution in [0.15, 0.2) is 35.9 Å². The Hall–Kier alpha value is -3.39. The number of likely N-dealkylation sites (tertiary alicyclic amines) is 1. The molecule has 1 atom stereocenters. The van der Waals surface area contributed by atoms with Crippen LogP contribution in [0.1, 0.15) is 59.7 Å². The Labute approximate surface area is 200 Å². The fraction of sp³-hybridized carbons (Fsp3) is 0.423. The van der Waals surface area contributed by atoms with E-state index in [-0.39, 0.29) is 23.6 Å². The van der Waals surface area contributed by atoms with Crippen LogP contribution in [0.5, 0.6) is 0 Å². The molecule has 3 rings (SSSR count). The number of rotatable bonds is 9. The lowest BCUT2D eigenvalue weighted by Gasteiger charge is -2.28. The quantitative estimate of drug-likeness (QED) is 0.253. The number of aromatic amines is 1. The number of nitrogens with one attached hydrogen (secondary N) is 1. The number of esters is 1. The van der Waals surface area contributed by atoms with Gasteiger partial charge in [-0.1, -0.05) is 44.2 Å². The third kappa shape index (κ3) is 4.63. The number of aliphatic hydroxyl groups is 1. The van der Waals surface area contributed by atoms with Gasteiger partial charge in [0.05, 0.1) is 18.2 Å². The van der Waals surface area contributed by atoms with Crippen LogP contribution in [0.2, 0.25) is 0 Å². The predicted octanol–water partition coefficient (Wildman–Crippen LogP) is 3.57. The third-order valence-corrected chi connectivity index (χ3v) is 6.36. The Morgan fingerprint density at radius 1 is 1.12 bits per heavy atom. The maximum absolute atomic E-state index is 13.2. The molecular weight excluding hydrogens is 434 g/mol. The summed E-state index contributed by atoms with van der Waals surface area (Å²) in [6.45, 7) is 12.0. The third-order valence-electron chi connectivity index (χ3n) is 6.36. The summed E-state index contributed by atoms with van der Waals surface area (Å²) in [6, 6.07) is 8.50. The molecule has 8 heteroatoms. The Morgan fingerprint density at radius 2 is 1.76 bits per heavy atom. The number of H-pyrrole nitrogens is 1. The molecule has 1 aromatic heterocycles. The van der Waals surface area contributed by atoms with Crippen molar-refractivity contribution in [2.24, 2.45) is 0 Å². The zero-order chi connectivity index (χ0) is 25.0. The lowest BCUT2D eigenvalue weighted by molar-refractivity contribution is -0.140. The highest BCUT2D eigenvalue weighted by Gasteiger charge is 2.46. The Morgan fingerprint density at radius 3 is 2.35 bits per heavy atom. The molecule has 0 aliphatic carbocycles. The topological polar surface area (TPSA) is 103 Å². The monoisotopic (exact) mass is 467 g/mol. The lowest BCUT2D eigenvalue weighted by atomic mass is 9.94. The van der Waals surface area contributed by atoms with E-state index in [4.69, 9.17) is 4.74 Å². The van der Waals surface area contributed by atoms with Crippen molar-refractivity contribution in [3.8, 4) is 0 Å². The zero-order valence-electron chi connectivity index (χ0n) is 20.5. The van der Waals surface area contributed by atoms with Gasteiger partial charge in [0, 0.05) is 24.3 Å². The summed E-state index contributed by atoms with van der Waals surface area (Å²) in [5.41, 5.74) is 2.29. The average molecular weight is 468 g/mol. The standard InChI is InChI=1S/C26H33N3O5/c1-6-28(7-2)14-15-29-22(18-12-10-9-11-13-18)20(24(31)25(29)32)23(30)19-16(4)21(27-17(19)5)26(33)34-8-3/h9-13,22,27,30H,6-8,14-15H2,1-5H3. The summed E-state index contributed by atoms with van der Waals surface area (Å²) >= 11 is 0. The molecule has 182 valence electrons. The van der Waals surface area contributed by atoms with Crippen LogP contribution in [0, 0.1) is 13.8 Å². The number of hydrogen-bond acceptors (Lipinski definition) is 6.